The van der Waals surface area contributed by atoms with Gasteiger partial charge in [0.2, 0.25) is 5.90 Å². The second-order valence-corrected chi connectivity index (χ2v) is 3.10. The smallest absolute Gasteiger partial charge is 0.315 e. The van der Waals surface area contributed by atoms with Gasteiger partial charge in [0, 0.05) is 5.92 Å². The van der Waals surface area contributed by atoms with Crippen LogP contribution in [0.1, 0.15) is 19.3 Å². The average Bonchev–Trinajstić information content (AvgIpc) is 2.43. The van der Waals surface area contributed by atoms with Gasteiger partial charge < -0.3 is 10.6 Å². The van der Waals surface area contributed by atoms with E-state index in [4.69, 9.17) is 10.6 Å². The van der Waals surface area contributed by atoms with Gasteiger partial charge in [0.15, 0.2) is 0 Å². The summed E-state index contributed by atoms with van der Waals surface area (Å²) in [6, 6.07) is 0. The molecule has 2 rings (SSSR count). The van der Waals surface area contributed by atoms with E-state index in [0.29, 0.717) is 11.8 Å². The van der Waals surface area contributed by atoms with Crippen molar-refractivity contribution in [1.29, 1.82) is 0 Å². The highest BCUT2D eigenvalue weighted by Gasteiger charge is 2.40. The Hall–Kier alpha value is -1.06. The van der Waals surface area contributed by atoms with Crippen molar-refractivity contribution < 1.29 is 9.53 Å². The molecule has 11 heavy (non-hydrogen) atoms. The van der Waals surface area contributed by atoms with Gasteiger partial charge in [-0.05, 0) is 19.3 Å². The third kappa shape index (κ3) is 0.895. The molecule has 1 saturated heterocycles. The molecule has 2 unspecified atom stereocenters. The van der Waals surface area contributed by atoms with E-state index in [0.717, 1.165) is 19.3 Å². The van der Waals surface area contributed by atoms with Gasteiger partial charge in [-0.2, -0.15) is 0 Å². The van der Waals surface area contributed by atoms with Crippen molar-refractivity contribution >= 4 is 11.9 Å². The fourth-order valence-corrected chi connectivity index (χ4v) is 1.82. The Balaban J connectivity index is 2.24. The molecular weight excluding hydrogens is 144 g/mol. The predicted octanol–water partition coefficient (Wildman–Crippen LogP) is 0.232. The molecule has 1 saturated carbocycles. The number of fused-ring (bicyclic) bond motifs is 2. The number of esters is 1. The number of rotatable bonds is 0. The van der Waals surface area contributed by atoms with Crippen LogP contribution < -0.4 is 5.84 Å². The van der Waals surface area contributed by atoms with Crippen molar-refractivity contribution in [3.05, 3.63) is 0 Å². The number of nitrogens with two attached hydrogens (primary N) is 1. The zero-order chi connectivity index (χ0) is 7.84. The number of hydrazone groups is 1. The lowest BCUT2D eigenvalue weighted by Gasteiger charge is -2.18. The SMILES string of the molecule is N/N=C1\OC(=O)C2CCC1C2. The van der Waals surface area contributed by atoms with Crippen LogP contribution in [-0.2, 0) is 9.53 Å². The first kappa shape index (κ1) is 6.64. The molecular formula is C7H10N2O2. The molecule has 2 fully saturated rings. The van der Waals surface area contributed by atoms with Crippen molar-refractivity contribution in [2.45, 2.75) is 19.3 Å². The molecule has 1 heterocycles. The summed E-state index contributed by atoms with van der Waals surface area (Å²) in [5.41, 5.74) is 0. The molecule has 0 spiro atoms. The zero-order valence-corrected chi connectivity index (χ0v) is 6.12. The van der Waals surface area contributed by atoms with Crippen LogP contribution in [0.2, 0.25) is 0 Å². The number of carbonyl (C=O) groups excluding carboxylic acids is 1. The Morgan fingerprint density at radius 2 is 2.18 bits per heavy atom. The second-order valence-electron chi connectivity index (χ2n) is 3.10. The van der Waals surface area contributed by atoms with Crippen LogP contribution in [0.5, 0.6) is 0 Å². The van der Waals surface area contributed by atoms with Crippen molar-refractivity contribution in [3.63, 3.8) is 0 Å². The lowest BCUT2D eigenvalue weighted by atomic mass is 10.0. The zero-order valence-electron chi connectivity index (χ0n) is 6.12. The Labute approximate surface area is 64.4 Å². The molecule has 2 bridgehead atoms. The van der Waals surface area contributed by atoms with Crippen LogP contribution in [0.15, 0.2) is 5.10 Å². The van der Waals surface area contributed by atoms with Crippen molar-refractivity contribution in [3.8, 4) is 0 Å². The second kappa shape index (κ2) is 2.22. The molecule has 0 amide bonds. The van der Waals surface area contributed by atoms with Gasteiger partial charge in [0.25, 0.3) is 0 Å². The lowest BCUT2D eigenvalue weighted by Crippen LogP contribution is -2.29. The number of nitrogens with zero attached hydrogens (tertiary/aromatic N) is 1. The van der Waals surface area contributed by atoms with Crippen LogP contribution in [0.4, 0.5) is 0 Å². The van der Waals surface area contributed by atoms with Gasteiger partial charge in [-0.3, -0.25) is 4.79 Å². The third-order valence-electron chi connectivity index (χ3n) is 2.45. The van der Waals surface area contributed by atoms with E-state index in [1.807, 2.05) is 0 Å². The summed E-state index contributed by atoms with van der Waals surface area (Å²) in [5.74, 6) is 5.77. The largest absolute Gasteiger partial charge is 0.409 e. The monoisotopic (exact) mass is 154 g/mol. The molecule has 4 nitrogen and oxygen atoms in total. The number of ether oxygens (including phenoxy) is 1. The Morgan fingerprint density at radius 3 is 2.91 bits per heavy atom. The molecule has 0 aromatic rings. The molecule has 4 heteroatoms. The first-order chi connectivity index (χ1) is 5.31. The van der Waals surface area contributed by atoms with E-state index < -0.39 is 0 Å². The van der Waals surface area contributed by atoms with E-state index in [2.05, 4.69) is 5.10 Å². The first-order valence-electron chi connectivity index (χ1n) is 3.80. The predicted molar refractivity (Wildman–Crippen MR) is 38.5 cm³/mol. The topological polar surface area (TPSA) is 64.7 Å². The summed E-state index contributed by atoms with van der Waals surface area (Å²) < 4.78 is 4.91. The Morgan fingerprint density at radius 1 is 1.45 bits per heavy atom. The fourth-order valence-electron chi connectivity index (χ4n) is 1.82. The summed E-state index contributed by atoms with van der Waals surface area (Å²) in [6.07, 6.45) is 2.81. The summed E-state index contributed by atoms with van der Waals surface area (Å²) in [7, 11) is 0. The number of hydrogen-bond acceptors (Lipinski definition) is 4. The highest BCUT2D eigenvalue weighted by molar-refractivity contribution is 5.94. The fraction of sp³-hybridized carbons (Fsp3) is 0.714. The molecule has 1 aliphatic carbocycles. The highest BCUT2D eigenvalue weighted by atomic mass is 16.5. The van der Waals surface area contributed by atoms with E-state index >= 15 is 0 Å². The van der Waals surface area contributed by atoms with Gasteiger partial charge in [-0.25, -0.2) is 0 Å². The molecule has 0 aromatic heterocycles. The lowest BCUT2D eigenvalue weighted by molar-refractivity contribution is -0.141. The van der Waals surface area contributed by atoms with Gasteiger partial charge in [0.1, 0.15) is 0 Å². The minimum atomic E-state index is -0.150. The van der Waals surface area contributed by atoms with Crippen LogP contribution in [-0.4, -0.2) is 11.9 Å². The maximum atomic E-state index is 11.1. The average molecular weight is 154 g/mol. The van der Waals surface area contributed by atoms with Crippen LogP contribution in [0.25, 0.3) is 0 Å². The van der Waals surface area contributed by atoms with Crippen LogP contribution >= 0.6 is 0 Å². The third-order valence-corrected chi connectivity index (χ3v) is 2.45. The Kier molecular flexibility index (Phi) is 1.34. The van der Waals surface area contributed by atoms with Gasteiger partial charge in [-0.15, -0.1) is 5.10 Å². The molecule has 60 valence electrons. The minimum absolute atomic E-state index is 0.116. The van der Waals surface area contributed by atoms with Gasteiger partial charge >= 0.3 is 5.97 Å². The molecule has 2 aliphatic rings. The summed E-state index contributed by atoms with van der Waals surface area (Å²) in [4.78, 5) is 11.1. The van der Waals surface area contributed by atoms with Gasteiger partial charge in [-0.1, -0.05) is 0 Å². The summed E-state index contributed by atoms with van der Waals surface area (Å²) in [5, 5.41) is 3.45. The van der Waals surface area contributed by atoms with E-state index in [1.54, 1.807) is 0 Å². The molecule has 1 aliphatic heterocycles. The van der Waals surface area contributed by atoms with Crippen molar-refractivity contribution in [2.24, 2.45) is 22.8 Å². The van der Waals surface area contributed by atoms with Crippen LogP contribution in [0, 0.1) is 11.8 Å². The van der Waals surface area contributed by atoms with Crippen molar-refractivity contribution in [1.82, 2.24) is 0 Å². The molecule has 2 N–H and O–H groups in total. The Bertz CT molecular complexity index is 224. The van der Waals surface area contributed by atoms with Crippen molar-refractivity contribution in [2.75, 3.05) is 0 Å². The number of hydrogen-bond donors (Lipinski definition) is 1. The summed E-state index contributed by atoms with van der Waals surface area (Å²) >= 11 is 0. The number of cyclic esters (lactones) is 1. The minimum Gasteiger partial charge on any atom is -0.409 e. The maximum Gasteiger partial charge on any atom is 0.315 e. The first-order valence-corrected chi connectivity index (χ1v) is 3.80. The molecule has 0 radical (unpaired) electrons. The highest BCUT2D eigenvalue weighted by Crippen LogP contribution is 2.36. The number of carbonyl (C=O) groups is 1. The maximum absolute atomic E-state index is 11.1. The molecule has 2 atom stereocenters. The summed E-state index contributed by atoms with van der Waals surface area (Å²) in [6.45, 7) is 0. The van der Waals surface area contributed by atoms with E-state index in [-0.39, 0.29) is 11.9 Å². The van der Waals surface area contributed by atoms with E-state index in [9.17, 15) is 4.79 Å². The van der Waals surface area contributed by atoms with Gasteiger partial charge in [0.05, 0.1) is 5.92 Å². The van der Waals surface area contributed by atoms with Crippen LogP contribution in [0.3, 0.4) is 0 Å². The van der Waals surface area contributed by atoms with E-state index in [1.165, 1.54) is 0 Å². The molecule has 0 aromatic carbocycles. The standard InChI is InChI=1S/C7H10N2O2/c8-9-6-4-1-2-5(3-4)7(10)11-6/h4-5H,1-3,8H2/b9-6-. The normalized spacial score (nSPS) is 39.3. The quantitative estimate of drug-likeness (QED) is 0.308.